The molecule has 1 aliphatic heterocycles. The lowest BCUT2D eigenvalue weighted by atomic mass is 10.1. The van der Waals surface area contributed by atoms with Gasteiger partial charge in [0.2, 0.25) is 0 Å². The average Bonchev–Trinajstić information content (AvgIpc) is 2.94. The molecule has 8 nitrogen and oxygen atoms in total. The van der Waals surface area contributed by atoms with E-state index in [4.69, 9.17) is 5.11 Å². The normalized spacial score (nSPS) is 18.6. The van der Waals surface area contributed by atoms with Gasteiger partial charge in [0, 0.05) is 26.2 Å². The Morgan fingerprint density at radius 3 is 2.68 bits per heavy atom. The molecule has 1 unspecified atom stereocenters. The van der Waals surface area contributed by atoms with E-state index in [1.54, 1.807) is 7.05 Å². The molecule has 1 saturated heterocycles. The average molecular weight is 267 g/mol. The van der Waals surface area contributed by atoms with Crippen molar-refractivity contribution in [1.82, 2.24) is 9.47 Å². The zero-order valence-corrected chi connectivity index (χ0v) is 10.3. The summed E-state index contributed by atoms with van der Waals surface area (Å²) in [5.41, 5.74) is 0.0394. The second-order valence-corrected chi connectivity index (χ2v) is 4.53. The molecule has 0 aromatic carbocycles. The van der Waals surface area contributed by atoms with Crippen LogP contribution in [-0.2, 0) is 11.8 Å². The van der Waals surface area contributed by atoms with Crippen molar-refractivity contribution in [2.75, 3.05) is 13.1 Å². The van der Waals surface area contributed by atoms with Crippen molar-refractivity contribution < 1.29 is 19.6 Å². The summed E-state index contributed by atoms with van der Waals surface area (Å²) < 4.78 is 1.38. The van der Waals surface area contributed by atoms with Gasteiger partial charge in [-0.3, -0.25) is 19.7 Å². The summed E-state index contributed by atoms with van der Waals surface area (Å²) in [6.07, 6.45) is 1.67. The molecule has 2 heterocycles. The van der Waals surface area contributed by atoms with Crippen LogP contribution >= 0.6 is 0 Å². The fourth-order valence-electron chi connectivity index (χ4n) is 2.17. The van der Waals surface area contributed by atoms with Crippen molar-refractivity contribution in [3.63, 3.8) is 0 Å². The molecule has 2 rings (SSSR count). The molecule has 0 bridgehead atoms. The van der Waals surface area contributed by atoms with Crippen molar-refractivity contribution >= 4 is 17.6 Å². The molecular formula is C11H13N3O5. The Morgan fingerprint density at radius 2 is 2.21 bits per heavy atom. The molecular weight excluding hydrogens is 254 g/mol. The summed E-state index contributed by atoms with van der Waals surface area (Å²) in [4.78, 5) is 34.5. The zero-order chi connectivity index (χ0) is 14.2. The maximum absolute atomic E-state index is 12.2. The Kier molecular flexibility index (Phi) is 3.24. The van der Waals surface area contributed by atoms with E-state index in [2.05, 4.69) is 0 Å². The molecule has 1 aliphatic rings. The summed E-state index contributed by atoms with van der Waals surface area (Å²) in [6, 6.07) is 1.20. The van der Waals surface area contributed by atoms with Gasteiger partial charge in [0.1, 0.15) is 5.69 Å². The van der Waals surface area contributed by atoms with Crippen molar-refractivity contribution in [3.05, 3.63) is 28.1 Å². The highest BCUT2D eigenvalue weighted by molar-refractivity contribution is 5.94. The van der Waals surface area contributed by atoms with Crippen LogP contribution in [0, 0.1) is 16.0 Å². The minimum absolute atomic E-state index is 0.146. The van der Waals surface area contributed by atoms with E-state index in [0.717, 1.165) is 0 Å². The number of aliphatic carboxylic acids is 1. The Morgan fingerprint density at radius 1 is 1.53 bits per heavy atom. The van der Waals surface area contributed by atoms with E-state index in [1.807, 2.05) is 0 Å². The first kappa shape index (κ1) is 13.1. The highest BCUT2D eigenvalue weighted by Gasteiger charge is 2.32. The van der Waals surface area contributed by atoms with Crippen LogP contribution in [0.4, 0.5) is 5.69 Å². The molecule has 1 aromatic heterocycles. The Hall–Kier alpha value is -2.38. The van der Waals surface area contributed by atoms with Crippen molar-refractivity contribution in [2.45, 2.75) is 6.42 Å². The SMILES string of the molecule is Cn1cc([N+](=O)[O-])cc1C(=O)N1CCC(C(=O)O)C1. The molecule has 19 heavy (non-hydrogen) atoms. The number of rotatable bonds is 3. The van der Waals surface area contributed by atoms with Gasteiger partial charge >= 0.3 is 5.97 Å². The van der Waals surface area contributed by atoms with Crippen LogP contribution in [0.25, 0.3) is 0 Å². The number of carboxylic acids is 1. The van der Waals surface area contributed by atoms with Gasteiger partial charge in [-0.1, -0.05) is 0 Å². The molecule has 8 heteroatoms. The predicted octanol–water partition coefficient (Wildman–Crippen LogP) is 0.480. The molecule has 1 aromatic rings. The third kappa shape index (κ3) is 2.42. The van der Waals surface area contributed by atoms with Gasteiger partial charge in [0.25, 0.3) is 11.6 Å². The minimum atomic E-state index is -0.923. The van der Waals surface area contributed by atoms with E-state index >= 15 is 0 Å². The first-order valence-corrected chi connectivity index (χ1v) is 5.73. The number of nitrogens with zero attached hydrogens (tertiary/aromatic N) is 3. The molecule has 0 saturated carbocycles. The van der Waals surface area contributed by atoms with Gasteiger partial charge < -0.3 is 14.6 Å². The van der Waals surface area contributed by atoms with Gasteiger partial charge in [-0.2, -0.15) is 0 Å². The second kappa shape index (κ2) is 4.71. The Bertz CT molecular complexity index is 551. The Labute approximate surface area is 108 Å². The number of carbonyl (C=O) groups is 2. The highest BCUT2D eigenvalue weighted by atomic mass is 16.6. The molecule has 1 atom stereocenters. The minimum Gasteiger partial charge on any atom is -0.481 e. The van der Waals surface area contributed by atoms with Crippen molar-refractivity contribution in [2.24, 2.45) is 13.0 Å². The monoisotopic (exact) mass is 267 g/mol. The molecule has 0 spiro atoms. The van der Waals surface area contributed by atoms with Gasteiger partial charge in [0.15, 0.2) is 0 Å². The van der Waals surface area contributed by atoms with Gasteiger partial charge in [-0.05, 0) is 6.42 Å². The number of aromatic nitrogens is 1. The van der Waals surface area contributed by atoms with Crippen LogP contribution in [0.3, 0.4) is 0 Å². The maximum atomic E-state index is 12.2. The fourth-order valence-corrected chi connectivity index (χ4v) is 2.17. The Balaban J connectivity index is 2.17. The standard InChI is InChI=1S/C11H13N3O5/c1-12-6-8(14(18)19)4-9(12)10(15)13-3-2-7(5-13)11(16)17/h4,6-7H,2-3,5H2,1H3,(H,16,17). The largest absolute Gasteiger partial charge is 0.481 e. The van der Waals surface area contributed by atoms with Crippen LogP contribution in [0.15, 0.2) is 12.3 Å². The van der Waals surface area contributed by atoms with E-state index < -0.39 is 16.8 Å². The number of carbonyl (C=O) groups excluding carboxylic acids is 1. The lowest BCUT2D eigenvalue weighted by Gasteiger charge is -2.15. The number of nitro groups is 1. The third-order valence-corrected chi connectivity index (χ3v) is 3.25. The van der Waals surface area contributed by atoms with E-state index in [0.29, 0.717) is 13.0 Å². The molecule has 1 N–H and O–H groups in total. The second-order valence-electron chi connectivity index (χ2n) is 4.53. The van der Waals surface area contributed by atoms with Crippen LogP contribution in [0.1, 0.15) is 16.9 Å². The van der Waals surface area contributed by atoms with Crippen LogP contribution in [0.5, 0.6) is 0 Å². The topological polar surface area (TPSA) is 106 Å². The lowest BCUT2D eigenvalue weighted by Crippen LogP contribution is -2.31. The summed E-state index contributed by atoms with van der Waals surface area (Å²) in [5.74, 6) is -1.85. The first-order valence-electron chi connectivity index (χ1n) is 5.73. The van der Waals surface area contributed by atoms with E-state index in [-0.39, 0.29) is 23.8 Å². The third-order valence-electron chi connectivity index (χ3n) is 3.25. The van der Waals surface area contributed by atoms with Crippen molar-refractivity contribution in [3.8, 4) is 0 Å². The van der Waals surface area contributed by atoms with Crippen molar-refractivity contribution in [1.29, 1.82) is 0 Å². The van der Waals surface area contributed by atoms with Crippen LogP contribution in [-0.4, -0.2) is 44.5 Å². The van der Waals surface area contributed by atoms with Crippen LogP contribution < -0.4 is 0 Å². The quantitative estimate of drug-likeness (QED) is 0.633. The van der Waals surface area contributed by atoms with E-state index in [9.17, 15) is 19.7 Å². The predicted molar refractivity (Wildman–Crippen MR) is 63.7 cm³/mol. The number of amides is 1. The lowest BCUT2D eigenvalue weighted by molar-refractivity contribution is -0.384. The first-order chi connectivity index (χ1) is 8.90. The fraction of sp³-hybridized carbons (Fsp3) is 0.455. The summed E-state index contributed by atoms with van der Waals surface area (Å²) in [5, 5.41) is 19.5. The zero-order valence-electron chi connectivity index (χ0n) is 10.3. The van der Waals surface area contributed by atoms with Gasteiger partial charge in [0.05, 0.1) is 17.0 Å². The molecule has 1 amide bonds. The van der Waals surface area contributed by atoms with Crippen LogP contribution in [0.2, 0.25) is 0 Å². The number of carboxylic acid groups (broad SMARTS) is 1. The summed E-state index contributed by atoms with van der Waals surface area (Å²) in [6.45, 7) is 0.502. The molecule has 0 aliphatic carbocycles. The van der Waals surface area contributed by atoms with Gasteiger partial charge in [-0.15, -0.1) is 0 Å². The number of likely N-dealkylation sites (tertiary alicyclic amines) is 1. The summed E-state index contributed by atoms with van der Waals surface area (Å²) in [7, 11) is 1.55. The van der Waals surface area contributed by atoms with E-state index in [1.165, 1.54) is 21.7 Å². The molecule has 1 fully saturated rings. The molecule has 102 valence electrons. The highest BCUT2D eigenvalue weighted by Crippen LogP contribution is 2.21. The van der Waals surface area contributed by atoms with Gasteiger partial charge in [-0.25, -0.2) is 0 Å². The maximum Gasteiger partial charge on any atom is 0.308 e. The number of hydrogen-bond acceptors (Lipinski definition) is 4. The number of hydrogen-bond donors (Lipinski definition) is 1. The summed E-state index contributed by atoms with van der Waals surface area (Å²) >= 11 is 0. The number of aryl methyl sites for hydroxylation is 1. The smallest absolute Gasteiger partial charge is 0.308 e. The molecule has 0 radical (unpaired) electrons.